The van der Waals surface area contributed by atoms with Gasteiger partial charge in [-0.2, -0.15) is 0 Å². The smallest absolute Gasteiger partial charge is 0.350 e. The first-order valence-corrected chi connectivity index (χ1v) is 7.19. The normalized spacial score (nSPS) is 11.6. The molecule has 1 rings (SSSR count). The average Bonchev–Trinajstić information content (AvgIpc) is 2.44. The van der Waals surface area contributed by atoms with Crippen LogP contribution in [0.5, 0.6) is 11.5 Å². The Hall–Kier alpha value is -2.24. The number of carbonyl (C=O) groups excluding carboxylic acids is 2. The van der Waals surface area contributed by atoms with Crippen molar-refractivity contribution in [1.82, 2.24) is 0 Å². The average molecular weight is 324 g/mol. The van der Waals surface area contributed by atoms with Gasteiger partial charge in [0.2, 0.25) is 0 Å². The number of esters is 2. The molecule has 0 spiro atoms. The van der Waals surface area contributed by atoms with Gasteiger partial charge in [-0.25, -0.2) is 9.59 Å². The minimum atomic E-state index is -1.21. The van der Waals surface area contributed by atoms with Crippen molar-refractivity contribution in [2.45, 2.75) is 45.8 Å². The molecule has 6 heteroatoms. The van der Waals surface area contributed by atoms with Crippen molar-refractivity contribution < 1.29 is 28.5 Å². The second-order valence-electron chi connectivity index (χ2n) is 6.47. The van der Waals surface area contributed by atoms with Crippen molar-refractivity contribution in [3.63, 3.8) is 0 Å². The lowest BCUT2D eigenvalue weighted by atomic mass is 10.1. The third-order valence-corrected chi connectivity index (χ3v) is 2.84. The number of benzene rings is 1. The van der Waals surface area contributed by atoms with Gasteiger partial charge in [0.1, 0.15) is 5.60 Å². The Morgan fingerprint density at radius 1 is 0.957 bits per heavy atom. The van der Waals surface area contributed by atoms with Crippen LogP contribution in [0.2, 0.25) is 0 Å². The van der Waals surface area contributed by atoms with Gasteiger partial charge >= 0.3 is 11.9 Å². The van der Waals surface area contributed by atoms with Crippen molar-refractivity contribution >= 4 is 11.9 Å². The lowest BCUT2D eigenvalue weighted by Gasteiger charge is -2.29. The lowest BCUT2D eigenvalue weighted by molar-refractivity contribution is -0.171. The third-order valence-electron chi connectivity index (χ3n) is 2.84. The van der Waals surface area contributed by atoms with Crippen LogP contribution in [0.1, 0.15) is 45.0 Å². The number of hydrogen-bond donors (Lipinski definition) is 0. The highest BCUT2D eigenvalue weighted by atomic mass is 16.6. The van der Waals surface area contributed by atoms with Gasteiger partial charge in [-0.1, -0.05) is 0 Å². The molecule has 0 heterocycles. The molecule has 0 saturated carbocycles. The van der Waals surface area contributed by atoms with Gasteiger partial charge < -0.3 is 18.9 Å². The van der Waals surface area contributed by atoms with Gasteiger partial charge in [0, 0.05) is 0 Å². The van der Waals surface area contributed by atoms with E-state index in [1.807, 2.05) is 0 Å². The highest BCUT2D eigenvalue weighted by Crippen LogP contribution is 2.32. The molecule has 128 valence electrons. The van der Waals surface area contributed by atoms with E-state index in [1.165, 1.54) is 26.4 Å². The largest absolute Gasteiger partial charge is 0.493 e. The second-order valence-corrected chi connectivity index (χ2v) is 6.47. The molecule has 0 aliphatic heterocycles. The van der Waals surface area contributed by atoms with Crippen LogP contribution in [0.3, 0.4) is 0 Å². The molecule has 6 nitrogen and oxygen atoms in total. The predicted molar refractivity (Wildman–Crippen MR) is 84.9 cm³/mol. The van der Waals surface area contributed by atoms with Crippen molar-refractivity contribution in [2.75, 3.05) is 14.2 Å². The zero-order valence-corrected chi connectivity index (χ0v) is 14.7. The molecule has 0 aliphatic rings. The maximum absolute atomic E-state index is 12.2. The Bertz CT molecular complexity index is 583. The van der Waals surface area contributed by atoms with E-state index in [1.54, 1.807) is 40.7 Å². The Morgan fingerprint density at radius 3 is 2.04 bits per heavy atom. The van der Waals surface area contributed by atoms with Crippen LogP contribution in [0, 0.1) is 0 Å². The molecule has 0 atom stereocenters. The van der Waals surface area contributed by atoms with Crippen LogP contribution < -0.4 is 9.47 Å². The van der Waals surface area contributed by atoms with E-state index in [-0.39, 0.29) is 0 Å². The number of carbonyl (C=O) groups is 2. The van der Waals surface area contributed by atoms with Crippen LogP contribution in [-0.4, -0.2) is 37.4 Å². The highest BCUT2D eigenvalue weighted by molar-refractivity contribution is 5.90. The van der Waals surface area contributed by atoms with Gasteiger partial charge in [0.15, 0.2) is 17.1 Å². The van der Waals surface area contributed by atoms with E-state index in [9.17, 15) is 9.59 Å². The van der Waals surface area contributed by atoms with Gasteiger partial charge in [0.25, 0.3) is 0 Å². The van der Waals surface area contributed by atoms with E-state index < -0.39 is 23.1 Å². The molecular weight excluding hydrogens is 300 g/mol. The summed E-state index contributed by atoms with van der Waals surface area (Å²) in [5.41, 5.74) is -1.50. The fourth-order valence-corrected chi connectivity index (χ4v) is 1.71. The standard InChI is InChI=1S/C17H24O6/c1-16(2,3)23-15(19)17(4,5)22-12-9-8-11(14(18)21-7)10-13(12)20-6/h8-10H,1-7H3. The molecule has 0 unspecified atom stereocenters. The molecule has 1 aromatic carbocycles. The predicted octanol–water partition coefficient (Wildman–Crippen LogP) is 2.98. The fourth-order valence-electron chi connectivity index (χ4n) is 1.71. The molecule has 0 bridgehead atoms. The van der Waals surface area contributed by atoms with Crippen molar-refractivity contribution in [3.05, 3.63) is 23.8 Å². The van der Waals surface area contributed by atoms with E-state index in [4.69, 9.17) is 14.2 Å². The quantitative estimate of drug-likeness (QED) is 0.776. The molecular formula is C17H24O6. The number of rotatable bonds is 5. The lowest BCUT2D eigenvalue weighted by Crippen LogP contribution is -2.43. The molecule has 0 fully saturated rings. The summed E-state index contributed by atoms with van der Waals surface area (Å²) in [6.45, 7) is 8.57. The maximum atomic E-state index is 12.2. The number of ether oxygens (including phenoxy) is 4. The van der Waals surface area contributed by atoms with E-state index >= 15 is 0 Å². The highest BCUT2D eigenvalue weighted by Gasteiger charge is 2.35. The van der Waals surface area contributed by atoms with E-state index in [0.29, 0.717) is 17.1 Å². The van der Waals surface area contributed by atoms with Gasteiger partial charge in [-0.3, -0.25) is 0 Å². The Balaban J connectivity index is 3.03. The van der Waals surface area contributed by atoms with Crippen LogP contribution in [0.25, 0.3) is 0 Å². The molecule has 23 heavy (non-hydrogen) atoms. The summed E-state index contributed by atoms with van der Waals surface area (Å²) in [6, 6.07) is 4.58. The minimum absolute atomic E-state index is 0.324. The topological polar surface area (TPSA) is 71.1 Å². The van der Waals surface area contributed by atoms with Crippen LogP contribution in [0.4, 0.5) is 0 Å². The monoisotopic (exact) mass is 324 g/mol. The first-order chi connectivity index (χ1) is 10.5. The van der Waals surface area contributed by atoms with Gasteiger partial charge in [0.05, 0.1) is 19.8 Å². The summed E-state index contributed by atoms with van der Waals surface area (Å²) in [4.78, 5) is 23.8. The molecule has 0 radical (unpaired) electrons. The summed E-state index contributed by atoms with van der Waals surface area (Å²) in [6.07, 6.45) is 0. The first kappa shape index (κ1) is 18.8. The van der Waals surface area contributed by atoms with Crippen molar-refractivity contribution in [3.8, 4) is 11.5 Å². The Labute approximate surface area is 136 Å². The van der Waals surface area contributed by atoms with E-state index in [0.717, 1.165) is 0 Å². The molecule has 0 N–H and O–H groups in total. The second kappa shape index (κ2) is 6.89. The minimum Gasteiger partial charge on any atom is -0.493 e. The van der Waals surface area contributed by atoms with Crippen molar-refractivity contribution in [2.24, 2.45) is 0 Å². The zero-order valence-electron chi connectivity index (χ0n) is 14.7. The third kappa shape index (κ3) is 5.16. The summed E-state index contributed by atoms with van der Waals surface area (Å²) >= 11 is 0. The summed E-state index contributed by atoms with van der Waals surface area (Å²) in [5.74, 6) is -0.328. The Kier molecular flexibility index (Phi) is 5.64. The first-order valence-electron chi connectivity index (χ1n) is 7.19. The molecule has 0 amide bonds. The van der Waals surface area contributed by atoms with Crippen molar-refractivity contribution in [1.29, 1.82) is 0 Å². The number of hydrogen-bond acceptors (Lipinski definition) is 6. The number of methoxy groups -OCH3 is 2. The summed E-state index contributed by atoms with van der Waals surface area (Å²) in [7, 11) is 2.74. The SMILES string of the molecule is COC(=O)c1ccc(OC(C)(C)C(=O)OC(C)(C)C)c(OC)c1. The molecule has 0 aromatic heterocycles. The maximum Gasteiger partial charge on any atom is 0.350 e. The van der Waals surface area contributed by atoms with E-state index in [2.05, 4.69) is 4.74 Å². The zero-order chi connectivity index (χ0) is 17.8. The summed E-state index contributed by atoms with van der Waals surface area (Å²) < 4.78 is 21.0. The molecule has 1 aromatic rings. The van der Waals surface area contributed by atoms with Gasteiger partial charge in [-0.05, 0) is 52.8 Å². The molecule has 0 aliphatic carbocycles. The fraction of sp³-hybridized carbons (Fsp3) is 0.529. The Morgan fingerprint density at radius 2 is 1.57 bits per heavy atom. The van der Waals surface area contributed by atoms with Crippen LogP contribution >= 0.6 is 0 Å². The molecule has 0 saturated heterocycles. The van der Waals surface area contributed by atoms with Crippen LogP contribution in [0.15, 0.2) is 18.2 Å². The van der Waals surface area contributed by atoms with Gasteiger partial charge in [-0.15, -0.1) is 0 Å². The van der Waals surface area contributed by atoms with Crippen LogP contribution in [-0.2, 0) is 14.3 Å². The summed E-state index contributed by atoms with van der Waals surface area (Å²) in [5, 5.41) is 0.